The molecule has 0 bridgehead atoms. The summed E-state index contributed by atoms with van der Waals surface area (Å²) in [6.45, 7) is 1.99. The van der Waals surface area contributed by atoms with Crippen molar-refractivity contribution in [3.05, 3.63) is 41.2 Å². The minimum absolute atomic E-state index is 0.493. The van der Waals surface area contributed by atoms with Crippen LogP contribution >= 0.6 is 0 Å². The summed E-state index contributed by atoms with van der Waals surface area (Å²) >= 11 is 0. The van der Waals surface area contributed by atoms with Crippen LogP contribution in [0.5, 0.6) is 5.75 Å². The van der Waals surface area contributed by atoms with Crippen LogP contribution in [0.1, 0.15) is 17.0 Å². The molecule has 0 atom stereocenters. The van der Waals surface area contributed by atoms with Crippen LogP contribution < -0.4 is 10.5 Å². The van der Waals surface area contributed by atoms with Crippen LogP contribution in [0.2, 0.25) is 0 Å². The highest BCUT2D eigenvalue weighted by molar-refractivity contribution is 5.29. The minimum atomic E-state index is 0.493. The lowest BCUT2D eigenvalue weighted by atomic mass is 10.1. The number of ether oxygens (including phenoxy) is 1. The minimum Gasteiger partial charge on any atom is -0.497 e. The van der Waals surface area contributed by atoms with Crippen molar-refractivity contribution in [3.63, 3.8) is 0 Å². The van der Waals surface area contributed by atoms with E-state index < -0.39 is 0 Å². The summed E-state index contributed by atoms with van der Waals surface area (Å²) in [5.41, 5.74) is 8.97. The van der Waals surface area contributed by atoms with Gasteiger partial charge in [-0.25, -0.2) is 4.98 Å². The number of nitrogen functional groups attached to an aromatic ring is 1. The summed E-state index contributed by atoms with van der Waals surface area (Å²) in [5.74, 6) is 1.38. The number of rotatable bonds is 4. The Morgan fingerprint density at radius 3 is 2.47 bits per heavy atom. The van der Waals surface area contributed by atoms with Crippen molar-refractivity contribution in [3.8, 4) is 5.75 Å². The van der Waals surface area contributed by atoms with Crippen LogP contribution in [0.4, 0.5) is 5.95 Å². The largest absolute Gasteiger partial charge is 0.497 e. The molecule has 0 unspecified atom stereocenters. The smallest absolute Gasteiger partial charge is 0.197 e. The van der Waals surface area contributed by atoms with Gasteiger partial charge in [-0.3, -0.25) is 0 Å². The van der Waals surface area contributed by atoms with Crippen molar-refractivity contribution in [2.45, 2.75) is 19.8 Å². The molecule has 4 nitrogen and oxygen atoms in total. The molecule has 0 aliphatic heterocycles. The Hall–Kier alpha value is -1.97. The SMILES string of the molecule is COc1ccc(CCc2nc(N)[nH]c2C)cc1. The van der Waals surface area contributed by atoms with Gasteiger partial charge >= 0.3 is 0 Å². The molecule has 4 heteroatoms. The van der Waals surface area contributed by atoms with Gasteiger partial charge in [0.2, 0.25) is 0 Å². The number of hydrogen-bond donors (Lipinski definition) is 2. The van der Waals surface area contributed by atoms with Crippen LogP contribution in [-0.4, -0.2) is 17.1 Å². The highest BCUT2D eigenvalue weighted by Gasteiger charge is 2.04. The van der Waals surface area contributed by atoms with E-state index in [2.05, 4.69) is 22.1 Å². The van der Waals surface area contributed by atoms with Gasteiger partial charge in [0.05, 0.1) is 12.8 Å². The van der Waals surface area contributed by atoms with E-state index in [0.29, 0.717) is 5.95 Å². The first-order chi connectivity index (χ1) is 8.19. The Morgan fingerprint density at radius 2 is 1.94 bits per heavy atom. The molecule has 3 N–H and O–H groups in total. The Morgan fingerprint density at radius 1 is 1.24 bits per heavy atom. The first-order valence-electron chi connectivity index (χ1n) is 5.63. The predicted molar refractivity (Wildman–Crippen MR) is 68.1 cm³/mol. The zero-order valence-corrected chi connectivity index (χ0v) is 10.2. The Bertz CT molecular complexity index is 488. The number of anilines is 1. The number of imidazole rings is 1. The first kappa shape index (κ1) is 11.5. The van der Waals surface area contributed by atoms with Gasteiger partial charge in [0.1, 0.15) is 5.75 Å². The van der Waals surface area contributed by atoms with E-state index in [1.54, 1.807) is 7.11 Å². The number of aryl methyl sites for hydroxylation is 3. The van der Waals surface area contributed by atoms with Gasteiger partial charge in [-0.1, -0.05) is 12.1 Å². The molecule has 0 amide bonds. The molecule has 0 saturated carbocycles. The zero-order chi connectivity index (χ0) is 12.3. The number of methoxy groups -OCH3 is 1. The predicted octanol–water partition coefficient (Wildman–Crippen LogP) is 2.09. The maximum Gasteiger partial charge on any atom is 0.197 e. The van der Waals surface area contributed by atoms with Crippen molar-refractivity contribution >= 4 is 5.95 Å². The monoisotopic (exact) mass is 231 g/mol. The number of nitrogens with zero attached hydrogens (tertiary/aromatic N) is 1. The second-order valence-electron chi connectivity index (χ2n) is 4.04. The van der Waals surface area contributed by atoms with Gasteiger partial charge in [0, 0.05) is 5.69 Å². The van der Waals surface area contributed by atoms with Gasteiger partial charge in [-0.15, -0.1) is 0 Å². The molecule has 1 heterocycles. The molecule has 0 saturated heterocycles. The number of H-pyrrole nitrogens is 1. The Kier molecular flexibility index (Phi) is 3.32. The fourth-order valence-electron chi connectivity index (χ4n) is 1.82. The van der Waals surface area contributed by atoms with Crippen LogP contribution in [0.15, 0.2) is 24.3 Å². The summed E-state index contributed by atoms with van der Waals surface area (Å²) in [6, 6.07) is 8.09. The molecule has 17 heavy (non-hydrogen) atoms. The van der Waals surface area contributed by atoms with Crippen molar-refractivity contribution in [1.29, 1.82) is 0 Å². The number of benzene rings is 1. The van der Waals surface area contributed by atoms with Crippen molar-refractivity contribution in [2.75, 3.05) is 12.8 Å². The normalized spacial score (nSPS) is 10.5. The molecule has 0 aliphatic carbocycles. The summed E-state index contributed by atoms with van der Waals surface area (Å²) in [6.07, 6.45) is 1.85. The molecule has 1 aromatic heterocycles. The maximum absolute atomic E-state index is 5.60. The van der Waals surface area contributed by atoms with Gasteiger partial charge < -0.3 is 15.5 Å². The van der Waals surface area contributed by atoms with E-state index in [0.717, 1.165) is 30.0 Å². The summed E-state index contributed by atoms with van der Waals surface area (Å²) < 4.78 is 5.12. The first-order valence-corrected chi connectivity index (χ1v) is 5.63. The van der Waals surface area contributed by atoms with E-state index >= 15 is 0 Å². The van der Waals surface area contributed by atoms with Gasteiger partial charge in [0.15, 0.2) is 5.95 Å². The van der Waals surface area contributed by atoms with Gasteiger partial charge in [-0.2, -0.15) is 0 Å². The van der Waals surface area contributed by atoms with Crippen molar-refractivity contribution in [2.24, 2.45) is 0 Å². The van der Waals surface area contributed by atoms with E-state index in [-0.39, 0.29) is 0 Å². The lowest BCUT2D eigenvalue weighted by Gasteiger charge is -2.02. The zero-order valence-electron chi connectivity index (χ0n) is 10.2. The standard InChI is InChI=1S/C13H17N3O/c1-9-12(16-13(14)15-9)8-5-10-3-6-11(17-2)7-4-10/h3-4,6-7H,5,8H2,1-2H3,(H3,14,15,16). The van der Waals surface area contributed by atoms with Crippen LogP contribution in [0.3, 0.4) is 0 Å². The Balaban J connectivity index is 1.99. The lowest BCUT2D eigenvalue weighted by molar-refractivity contribution is 0.414. The molecule has 2 aromatic rings. The average molecular weight is 231 g/mol. The number of nitrogens with two attached hydrogens (primary N) is 1. The summed E-state index contributed by atoms with van der Waals surface area (Å²) in [7, 11) is 1.67. The van der Waals surface area contributed by atoms with Crippen molar-refractivity contribution in [1.82, 2.24) is 9.97 Å². The molecule has 2 rings (SSSR count). The van der Waals surface area contributed by atoms with Gasteiger partial charge in [-0.05, 0) is 37.5 Å². The van der Waals surface area contributed by atoms with Crippen LogP contribution in [-0.2, 0) is 12.8 Å². The molecule has 0 aliphatic rings. The maximum atomic E-state index is 5.60. The second-order valence-corrected chi connectivity index (χ2v) is 4.04. The van der Waals surface area contributed by atoms with E-state index in [1.165, 1.54) is 5.56 Å². The quantitative estimate of drug-likeness (QED) is 0.847. The third kappa shape index (κ3) is 2.78. The molecular weight excluding hydrogens is 214 g/mol. The molecule has 0 spiro atoms. The molecule has 0 radical (unpaired) electrons. The Labute approximate surface area is 101 Å². The molecule has 0 fully saturated rings. The number of hydrogen-bond acceptors (Lipinski definition) is 3. The summed E-state index contributed by atoms with van der Waals surface area (Å²) in [4.78, 5) is 7.27. The van der Waals surface area contributed by atoms with Crippen molar-refractivity contribution < 1.29 is 4.74 Å². The summed E-state index contributed by atoms with van der Waals surface area (Å²) in [5, 5.41) is 0. The third-order valence-corrected chi connectivity index (χ3v) is 2.81. The van der Waals surface area contributed by atoms with Crippen LogP contribution in [0.25, 0.3) is 0 Å². The fraction of sp³-hybridized carbons (Fsp3) is 0.308. The second kappa shape index (κ2) is 4.91. The third-order valence-electron chi connectivity index (χ3n) is 2.81. The molecule has 90 valence electrons. The topological polar surface area (TPSA) is 63.9 Å². The molecular formula is C13H17N3O. The molecule has 1 aromatic carbocycles. The highest BCUT2D eigenvalue weighted by atomic mass is 16.5. The average Bonchev–Trinajstić information content (AvgIpc) is 2.66. The number of aromatic amines is 1. The number of aromatic nitrogens is 2. The van der Waals surface area contributed by atoms with E-state index in [9.17, 15) is 0 Å². The van der Waals surface area contributed by atoms with E-state index in [4.69, 9.17) is 10.5 Å². The number of nitrogens with one attached hydrogen (secondary N) is 1. The van der Waals surface area contributed by atoms with Crippen LogP contribution in [0, 0.1) is 6.92 Å². The fourth-order valence-corrected chi connectivity index (χ4v) is 1.82. The van der Waals surface area contributed by atoms with E-state index in [1.807, 2.05) is 19.1 Å². The highest BCUT2D eigenvalue weighted by Crippen LogP contribution is 2.14. The lowest BCUT2D eigenvalue weighted by Crippen LogP contribution is -1.94. The van der Waals surface area contributed by atoms with Gasteiger partial charge in [0.25, 0.3) is 0 Å².